The normalized spacial score (nSPS) is 24.0. The Hall–Kier alpha value is -2.41. The second-order valence-electron chi connectivity index (χ2n) is 7.05. The molecule has 7 nitrogen and oxygen atoms in total. The van der Waals surface area contributed by atoms with Crippen LogP contribution in [0.3, 0.4) is 0 Å². The van der Waals surface area contributed by atoms with E-state index in [0.29, 0.717) is 6.42 Å². The summed E-state index contributed by atoms with van der Waals surface area (Å²) < 4.78 is 0. The Kier molecular flexibility index (Phi) is 5.27. The Balaban J connectivity index is 1.64. The van der Waals surface area contributed by atoms with Crippen molar-refractivity contribution >= 4 is 23.4 Å². The van der Waals surface area contributed by atoms with Crippen LogP contribution in [-0.2, 0) is 14.4 Å². The Labute approximate surface area is 153 Å². The number of benzene rings is 1. The van der Waals surface area contributed by atoms with Gasteiger partial charge in [0.2, 0.25) is 17.7 Å². The quantitative estimate of drug-likeness (QED) is 0.838. The first-order valence-corrected chi connectivity index (χ1v) is 9.03. The van der Waals surface area contributed by atoms with Crippen molar-refractivity contribution in [2.75, 3.05) is 18.0 Å². The van der Waals surface area contributed by atoms with Gasteiger partial charge >= 0.3 is 0 Å². The average Bonchev–Trinajstić information content (AvgIpc) is 3.20. The molecule has 2 heterocycles. The topological polar surface area (TPSA) is 89.9 Å². The predicted octanol–water partition coefficient (Wildman–Crippen LogP) is 0.972. The molecule has 1 aromatic carbocycles. The van der Waals surface area contributed by atoms with Gasteiger partial charge in [-0.25, -0.2) is 0 Å². The van der Waals surface area contributed by atoms with E-state index in [1.807, 2.05) is 31.2 Å². The first-order chi connectivity index (χ1) is 12.4. The highest BCUT2D eigenvalue weighted by molar-refractivity contribution is 5.95. The number of aliphatic hydroxyl groups excluding tert-OH is 1. The number of nitrogens with one attached hydrogen (secondary N) is 1. The van der Waals surface area contributed by atoms with Crippen LogP contribution in [0.4, 0.5) is 5.69 Å². The van der Waals surface area contributed by atoms with Crippen molar-refractivity contribution in [1.82, 2.24) is 10.2 Å². The van der Waals surface area contributed by atoms with Gasteiger partial charge in [0.15, 0.2) is 0 Å². The van der Waals surface area contributed by atoms with Gasteiger partial charge in [0, 0.05) is 38.5 Å². The number of β-amino-alcohol motifs (C(OH)–C–C–N with tert-alkyl or cyclic N) is 1. The predicted molar refractivity (Wildman–Crippen MR) is 96.4 cm³/mol. The number of anilines is 1. The summed E-state index contributed by atoms with van der Waals surface area (Å²) in [4.78, 5) is 39.2. The minimum atomic E-state index is -0.665. The third kappa shape index (κ3) is 3.72. The number of rotatable bonds is 4. The summed E-state index contributed by atoms with van der Waals surface area (Å²) in [5.74, 6) is -0.333. The summed E-state index contributed by atoms with van der Waals surface area (Å²) in [5.41, 5.74) is 1.79. The monoisotopic (exact) mass is 359 g/mol. The molecule has 26 heavy (non-hydrogen) atoms. The fourth-order valence-electron chi connectivity index (χ4n) is 3.67. The average molecular weight is 359 g/mol. The molecule has 2 saturated heterocycles. The molecule has 3 rings (SSSR count). The Morgan fingerprint density at radius 2 is 1.96 bits per heavy atom. The molecular weight excluding hydrogens is 334 g/mol. The molecule has 7 heteroatoms. The van der Waals surface area contributed by atoms with Crippen molar-refractivity contribution in [2.24, 2.45) is 0 Å². The van der Waals surface area contributed by atoms with E-state index in [1.165, 1.54) is 11.8 Å². The Morgan fingerprint density at radius 3 is 2.54 bits per heavy atom. The van der Waals surface area contributed by atoms with Crippen LogP contribution in [0.2, 0.25) is 0 Å². The molecule has 0 aromatic heterocycles. The lowest BCUT2D eigenvalue weighted by Gasteiger charge is -2.24. The van der Waals surface area contributed by atoms with Crippen LogP contribution in [0.25, 0.3) is 0 Å². The molecule has 140 valence electrons. The van der Waals surface area contributed by atoms with Gasteiger partial charge in [0.1, 0.15) is 6.04 Å². The molecule has 2 aliphatic heterocycles. The third-order valence-corrected chi connectivity index (χ3v) is 5.12. The van der Waals surface area contributed by atoms with E-state index in [2.05, 4.69) is 5.32 Å². The lowest BCUT2D eigenvalue weighted by molar-refractivity contribution is -0.137. The number of amides is 3. The van der Waals surface area contributed by atoms with Gasteiger partial charge in [-0.3, -0.25) is 14.4 Å². The second kappa shape index (κ2) is 7.45. The molecule has 0 spiro atoms. The van der Waals surface area contributed by atoms with E-state index in [4.69, 9.17) is 0 Å². The van der Waals surface area contributed by atoms with E-state index in [1.54, 1.807) is 4.90 Å². The highest BCUT2D eigenvalue weighted by Gasteiger charge is 2.37. The molecule has 0 saturated carbocycles. The number of aliphatic hydroxyl groups is 1. The van der Waals surface area contributed by atoms with Crippen LogP contribution in [0.1, 0.15) is 44.7 Å². The van der Waals surface area contributed by atoms with Crippen molar-refractivity contribution in [3.8, 4) is 0 Å². The van der Waals surface area contributed by atoms with Crippen molar-refractivity contribution in [1.29, 1.82) is 0 Å². The molecule has 3 atom stereocenters. The van der Waals surface area contributed by atoms with E-state index in [-0.39, 0.29) is 36.7 Å². The van der Waals surface area contributed by atoms with Gasteiger partial charge < -0.3 is 20.2 Å². The SMILES string of the molecule is CC(=O)N1C[C@H](O)C[C@@H]1C(=O)NC(C)c1ccc(N2CCCC2=O)cc1. The summed E-state index contributed by atoms with van der Waals surface area (Å²) in [6.07, 6.45) is 1.07. The molecule has 2 aliphatic rings. The number of carbonyl (C=O) groups is 3. The zero-order chi connectivity index (χ0) is 18.8. The molecule has 1 aromatic rings. The molecule has 2 fully saturated rings. The summed E-state index contributed by atoms with van der Waals surface area (Å²) in [7, 11) is 0. The van der Waals surface area contributed by atoms with Crippen molar-refractivity contribution < 1.29 is 19.5 Å². The number of likely N-dealkylation sites (tertiary alicyclic amines) is 1. The van der Waals surface area contributed by atoms with Crippen LogP contribution < -0.4 is 10.2 Å². The molecule has 3 amide bonds. The lowest BCUT2D eigenvalue weighted by atomic mass is 10.1. The van der Waals surface area contributed by atoms with Crippen LogP contribution in [0.15, 0.2) is 24.3 Å². The maximum absolute atomic E-state index is 12.5. The second-order valence-corrected chi connectivity index (χ2v) is 7.05. The van der Waals surface area contributed by atoms with Crippen LogP contribution in [-0.4, -0.2) is 53.0 Å². The smallest absolute Gasteiger partial charge is 0.243 e. The zero-order valence-electron chi connectivity index (χ0n) is 15.1. The van der Waals surface area contributed by atoms with Gasteiger partial charge in [0.05, 0.1) is 12.1 Å². The van der Waals surface area contributed by atoms with Gasteiger partial charge in [-0.1, -0.05) is 12.1 Å². The summed E-state index contributed by atoms with van der Waals surface area (Å²) in [5, 5.41) is 12.7. The Bertz CT molecular complexity index is 703. The molecule has 0 aliphatic carbocycles. The minimum Gasteiger partial charge on any atom is -0.391 e. The zero-order valence-corrected chi connectivity index (χ0v) is 15.1. The van der Waals surface area contributed by atoms with Crippen LogP contribution in [0.5, 0.6) is 0 Å². The van der Waals surface area contributed by atoms with E-state index >= 15 is 0 Å². The standard InChI is InChI=1S/C19H25N3O4/c1-12(20-19(26)17-10-16(24)11-22(17)13(2)23)14-5-7-15(8-6-14)21-9-3-4-18(21)25/h5-8,12,16-17,24H,3-4,9-11H2,1-2H3,(H,20,26)/t12?,16-,17-/m1/s1. The molecule has 0 bridgehead atoms. The summed E-state index contributed by atoms with van der Waals surface area (Å²) in [6, 6.07) is 6.71. The molecular formula is C19H25N3O4. The third-order valence-electron chi connectivity index (χ3n) is 5.12. The molecule has 2 N–H and O–H groups in total. The fourth-order valence-corrected chi connectivity index (χ4v) is 3.67. The highest BCUT2D eigenvalue weighted by Crippen LogP contribution is 2.24. The van der Waals surface area contributed by atoms with Crippen molar-refractivity contribution in [3.05, 3.63) is 29.8 Å². The first kappa shape index (κ1) is 18.4. The van der Waals surface area contributed by atoms with Gasteiger partial charge in [-0.05, 0) is 31.0 Å². The highest BCUT2D eigenvalue weighted by atomic mass is 16.3. The minimum absolute atomic E-state index is 0.142. The lowest BCUT2D eigenvalue weighted by Crippen LogP contribution is -2.45. The first-order valence-electron chi connectivity index (χ1n) is 9.03. The Morgan fingerprint density at radius 1 is 1.27 bits per heavy atom. The summed E-state index contributed by atoms with van der Waals surface area (Å²) in [6.45, 7) is 4.22. The van der Waals surface area contributed by atoms with Gasteiger partial charge in [-0.2, -0.15) is 0 Å². The van der Waals surface area contributed by atoms with E-state index in [9.17, 15) is 19.5 Å². The van der Waals surface area contributed by atoms with Gasteiger partial charge in [0.25, 0.3) is 0 Å². The van der Waals surface area contributed by atoms with Crippen LogP contribution >= 0.6 is 0 Å². The summed E-state index contributed by atoms with van der Waals surface area (Å²) >= 11 is 0. The number of carbonyl (C=O) groups excluding carboxylic acids is 3. The van der Waals surface area contributed by atoms with Crippen molar-refractivity contribution in [2.45, 2.75) is 51.3 Å². The number of hydrogen-bond acceptors (Lipinski definition) is 4. The van der Waals surface area contributed by atoms with Crippen LogP contribution in [0, 0.1) is 0 Å². The van der Waals surface area contributed by atoms with E-state index < -0.39 is 12.1 Å². The van der Waals surface area contributed by atoms with E-state index in [0.717, 1.165) is 24.2 Å². The maximum Gasteiger partial charge on any atom is 0.243 e. The molecule has 0 radical (unpaired) electrons. The van der Waals surface area contributed by atoms with Gasteiger partial charge in [-0.15, -0.1) is 0 Å². The maximum atomic E-state index is 12.5. The van der Waals surface area contributed by atoms with Crippen molar-refractivity contribution in [3.63, 3.8) is 0 Å². The fraction of sp³-hybridized carbons (Fsp3) is 0.526. The largest absolute Gasteiger partial charge is 0.391 e. The molecule has 1 unspecified atom stereocenters. The number of nitrogens with zero attached hydrogens (tertiary/aromatic N) is 2. The number of hydrogen-bond donors (Lipinski definition) is 2.